The number of hydrogen-bond donors (Lipinski definition) is 4. The van der Waals surface area contributed by atoms with E-state index in [0.717, 1.165) is 11.3 Å². The van der Waals surface area contributed by atoms with Gasteiger partial charge < -0.3 is 30.6 Å². The van der Waals surface area contributed by atoms with E-state index in [-0.39, 0.29) is 36.8 Å². The molecular formula is C27H30N6O4. The van der Waals surface area contributed by atoms with E-state index in [2.05, 4.69) is 25.9 Å². The maximum Gasteiger partial charge on any atom is 0.256 e. The van der Waals surface area contributed by atoms with E-state index < -0.39 is 5.60 Å². The second-order valence-corrected chi connectivity index (χ2v) is 9.71. The number of pyridine rings is 1. The second-order valence-electron chi connectivity index (χ2n) is 9.71. The predicted octanol–water partition coefficient (Wildman–Crippen LogP) is 3.07. The number of Topliss-reactive ketones (excluding diaryl/α,β-unsaturated/α-hetero) is 1. The van der Waals surface area contributed by atoms with Crippen molar-refractivity contribution in [2.45, 2.75) is 39.0 Å². The van der Waals surface area contributed by atoms with Crippen LogP contribution in [0.1, 0.15) is 36.8 Å². The molecule has 4 N–H and O–H groups in total. The second kappa shape index (κ2) is 9.79. The van der Waals surface area contributed by atoms with E-state index in [1.165, 1.54) is 6.92 Å². The van der Waals surface area contributed by atoms with E-state index in [4.69, 9.17) is 4.74 Å². The van der Waals surface area contributed by atoms with Gasteiger partial charge in [-0.05, 0) is 38.1 Å². The Morgan fingerprint density at radius 3 is 2.70 bits per heavy atom. The number of amides is 2. The summed E-state index contributed by atoms with van der Waals surface area (Å²) in [6, 6.07) is 13.1. The van der Waals surface area contributed by atoms with Crippen LogP contribution in [0, 0.1) is 0 Å². The summed E-state index contributed by atoms with van der Waals surface area (Å²) in [5, 5.41) is 9.33. The fourth-order valence-corrected chi connectivity index (χ4v) is 4.96. The molecule has 2 aliphatic rings. The molecule has 1 aromatic carbocycles. The van der Waals surface area contributed by atoms with Crippen molar-refractivity contribution in [3.63, 3.8) is 0 Å². The third-order valence-corrected chi connectivity index (χ3v) is 6.53. The molecule has 5 rings (SSSR count). The Hall–Kier alpha value is -4.02. The van der Waals surface area contributed by atoms with E-state index in [1.807, 2.05) is 37.3 Å². The molecule has 0 unspecified atom stereocenters. The monoisotopic (exact) mass is 502 g/mol. The van der Waals surface area contributed by atoms with Gasteiger partial charge in [-0.15, -0.1) is 0 Å². The van der Waals surface area contributed by atoms with E-state index >= 15 is 0 Å². The highest BCUT2D eigenvalue weighted by Gasteiger charge is 2.44. The molecule has 1 fully saturated rings. The van der Waals surface area contributed by atoms with Crippen molar-refractivity contribution in [2.75, 3.05) is 30.3 Å². The zero-order chi connectivity index (χ0) is 26.2. The number of fused-ring (bicyclic) bond motifs is 1. The van der Waals surface area contributed by atoms with Crippen molar-refractivity contribution in [3.8, 4) is 11.3 Å². The van der Waals surface area contributed by atoms with Crippen LogP contribution in [0.25, 0.3) is 11.3 Å². The number of benzene rings is 1. The zero-order valence-electron chi connectivity index (χ0n) is 21.1. The summed E-state index contributed by atoms with van der Waals surface area (Å²) in [6.07, 6.45) is 1.49. The summed E-state index contributed by atoms with van der Waals surface area (Å²) in [5.41, 5.74) is 2.94. The first kappa shape index (κ1) is 24.7. The third kappa shape index (κ3) is 4.98. The van der Waals surface area contributed by atoms with E-state index in [1.54, 1.807) is 30.2 Å². The fourth-order valence-electron chi connectivity index (χ4n) is 4.96. The molecule has 10 nitrogen and oxygen atoms in total. The number of carbonyl (C=O) groups excluding carboxylic acids is 3. The molecule has 0 aliphatic carbocycles. The van der Waals surface area contributed by atoms with Gasteiger partial charge in [0.05, 0.1) is 36.1 Å². The minimum Gasteiger partial charge on any atom is -0.360 e. The number of rotatable bonds is 5. The largest absolute Gasteiger partial charge is 0.360 e. The summed E-state index contributed by atoms with van der Waals surface area (Å²) in [4.78, 5) is 47.8. The zero-order valence-corrected chi connectivity index (χ0v) is 21.1. The minimum absolute atomic E-state index is 0.0482. The number of anilines is 3. The number of nitrogens with one attached hydrogen (secondary N) is 4. The quantitative estimate of drug-likeness (QED) is 0.422. The van der Waals surface area contributed by atoms with Gasteiger partial charge in [-0.25, -0.2) is 4.98 Å². The van der Waals surface area contributed by atoms with Crippen LogP contribution in [0.2, 0.25) is 0 Å². The smallest absolute Gasteiger partial charge is 0.256 e. The number of ketones is 1. The lowest BCUT2D eigenvalue weighted by molar-refractivity contribution is -0.167. The normalized spacial score (nSPS) is 21.3. The molecule has 0 spiro atoms. The van der Waals surface area contributed by atoms with Gasteiger partial charge in [-0.3, -0.25) is 14.4 Å². The molecule has 0 radical (unpaired) electrons. The van der Waals surface area contributed by atoms with E-state index in [0.29, 0.717) is 41.5 Å². The van der Waals surface area contributed by atoms with Crippen molar-refractivity contribution >= 4 is 34.8 Å². The Kier molecular flexibility index (Phi) is 6.53. The Morgan fingerprint density at radius 1 is 1.19 bits per heavy atom. The number of H-pyrrole nitrogens is 1. The van der Waals surface area contributed by atoms with Gasteiger partial charge in [0.25, 0.3) is 5.91 Å². The van der Waals surface area contributed by atoms with Gasteiger partial charge in [0.15, 0.2) is 11.4 Å². The number of ether oxygens (including phenoxy) is 1. The Labute approximate surface area is 214 Å². The summed E-state index contributed by atoms with van der Waals surface area (Å²) >= 11 is 0. The molecule has 3 aromatic rings. The van der Waals surface area contributed by atoms with Gasteiger partial charge in [0, 0.05) is 43.2 Å². The van der Waals surface area contributed by atoms with Gasteiger partial charge in [-0.2, -0.15) is 0 Å². The molecule has 0 saturated carbocycles. The van der Waals surface area contributed by atoms with Crippen LogP contribution in [0.5, 0.6) is 0 Å². The highest BCUT2D eigenvalue weighted by molar-refractivity contribution is 6.10. The van der Waals surface area contributed by atoms with Gasteiger partial charge in [0.1, 0.15) is 5.82 Å². The SMILES string of the molecule is CC(=O)Nc1cc(-c2[nH]c3c(c2Nc2ccccc2)C(=O)CN(C(=O)[C@@]2(C)CNC[C@H](C)O2)C3)ccn1. The lowest BCUT2D eigenvalue weighted by atomic mass is 9.98. The maximum absolute atomic E-state index is 13.5. The molecule has 10 heteroatoms. The number of morpholine rings is 1. The molecule has 192 valence electrons. The molecule has 2 aromatic heterocycles. The number of hydrogen-bond acceptors (Lipinski definition) is 7. The van der Waals surface area contributed by atoms with Crippen LogP contribution < -0.4 is 16.0 Å². The van der Waals surface area contributed by atoms with Crippen LogP contribution in [0.3, 0.4) is 0 Å². The molecule has 2 amide bonds. The molecule has 37 heavy (non-hydrogen) atoms. The highest BCUT2D eigenvalue weighted by Crippen LogP contribution is 2.39. The van der Waals surface area contributed by atoms with Crippen molar-refractivity contribution < 1.29 is 19.1 Å². The van der Waals surface area contributed by atoms with Gasteiger partial charge in [0.2, 0.25) is 5.91 Å². The predicted molar refractivity (Wildman–Crippen MR) is 140 cm³/mol. The molecule has 2 atom stereocenters. The molecular weight excluding hydrogens is 472 g/mol. The van der Waals surface area contributed by atoms with Crippen LogP contribution in [-0.2, 0) is 20.9 Å². The average Bonchev–Trinajstić information content (AvgIpc) is 3.22. The van der Waals surface area contributed by atoms with Crippen LogP contribution in [0.4, 0.5) is 17.2 Å². The topological polar surface area (TPSA) is 128 Å². The average molecular weight is 503 g/mol. The minimum atomic E-state index is -1.05. The third-order valence-electron chi connectivity index (χ3n) is 6.53. The lowest BCUT2D eigenvalue weighted by Gasteiger charge is -2.40. The summed E-state index contributed by atoms with van der Waals surface area (Å²) in [6.45, 7) is 6.34. The number of para-hydroxylation sites is 1. The lowest BCUT2D eigenvalue weighted by Crippen LogP contribution is -2.60. The Morgan fingerprint density at radius 2 is 1.97 bits per heavy atom. The van der Waals surface area contributed by atoms with Gasteiger partial charge in [-0.1, -0.05) is 18.2 Å². The first-order chi connectivity index (χ1) is 17.7. The Balaban J connectivity index is 1.54. The number of aromatic nitrogens is 2. The summed E-state index contributed by atoms with van der Waals surface area (Å²) in [5.74, 6) is -0.233. The van der Waals surface area contributed by atoms with Crippen LogP contribution in [-0.4, -0.2) is 63.8 Å². The fraction of sp³-hybridized carbons (Fsp3) is 0.333. The Bertz CT molecular complexity index is 1350. The van der Waals surface area contributed by atoms with Crippen molar-refractivity contribution in [3.05, 3.63) is 59.9 Å². The van der Waals surface area contributed by atoms with Crippen molar-refractivity contribution in [1.82, 2.24) is 20.2 Å². The van der Waals surface area contributed by atoms with Crippen molar-refractivity contribution in [1.29, 1.82) is 0 Å². The van der Waals surface area contributed by atoms with E-state index in [9.17, 15) is 14.4 Å². The van der Waals surface area contributed by atoms with Crippen LogP contribution >= 0.6 is 0 Å². The number of nitrogens with zero attached hydrogens (tertiary/aromatic N) is 2. The summed E-state index contributed by atoms with van der Waals surface area (Å²) in [7, 11) is 0. The van der Waals surface area contributed by atoms with Crippen LogP contribution in [0.15, 0.2) is 48.7 Å². The first-order valence-corrected chi connectivity index (χ1v) is 12.3. The number of carbonyl (C=O) groups is 3. The standard InChI is InChI=1S/C27H30N6O4/c1-16-12-28-15-27(3,37-16)26(36)33-13-20-23(21(35)14-33)25(31-19-7-5-4-6-8-19)24(32-20)18-9-10-29-22(11-18)30-17(2)34/h4-11,16,28,31-32H,12-15H2,1-3H3,(H,29,30,34)/t16-,27+/m0/s1. The molecule has 4 heterocycles. The molecule has 0 bridgehead atoms. The van der Waals surface area contributed by atoms with Gasteiger partial charge >= 0.3 is 0 Å². The molecule has 1 saturated heterocycles. The van der Waals surface area contributed by atoms with Crippen molar-refractivity contribution in [2.24, 2.45) is 0 Å². The first-order valence-electron chi connectivity index (χ1n) is 12.3. The maximum atomic E-state index is 13.5. The highest BCUT2D eigenvalue weighted by atomic mass is 16.5. The number of aromatic amines is 1. The molecule has 2 aliphatic heterocycles. The summed E-state index contributed by atoms with van der Waals surface area (Å²) < 4.78 is 6.01.